The third-order valence-corrected chi connectivity index (χ3v) is 4.80. The van der Waals surface area contributed by atoms with E-state index in [1.54, 1.807) is 0 Å². The molecule has 0 amide bonds. The number of benzene rings is 2. The van der Waals surface area contributed by atoms with Crippen molar-refractivity contribution in [2.45, 2.75) is 38.1 Å². The minimum atomic E-state index is 0.715. The third-order valence-electron chi connectivity index (χ3n) is 4.80. The van der Waals surface area contributed by atoms with Crippen LogP contribution in [-0.4, -0.2) is 24.0 Å². The van der Waals surface area contributed by atoms with Crippen LogP contribution in [0.2, 0.25) is 0 Å². The van der Waals surface area contributed by atoms with Crippen molar-refractivity contribution in [2.24, 2.45) is 0 Å². The lowest BCUT2D eigenvalue weighted by Crippen LogP contribution is -2.40. The Morgan fingerprint density at radius 1 is 0.913 bits per heavy atom. The fraction of sp³-hybridized carbons (Fsp3) is 0.364. The van der Waals surface area contributed by atoms with Gasteiger partial charge < -0.3 is 0 Å². The number of nitrogens with zero attached hydrogens (tertiary/aromatic N) is 1. The normalized spacial score (nSPS) is 19.2. The Morgan fingerprint density at radius 3 is 2.43 bits per heavy atom. The molecule has 2 aromatic rings. The van der Waals surface area contributed by atoms with E-state index in [-0.39, 0.29) is 0 Å². The van der Waals surface area contributed by atoms with Crippen molar-refractivity contribution in [1.82, 2.24) is 4.90 Å². The Bertz CT molecular complexity index is 588. The van der Waals surface area contributed by atoms with Crippen LogP contribution in [-0.2, 0) is 6.42 Å². The minimum Gasteiger partial charge on any atom is -0.300 e. The molecule has 0 radical (unpaired) electrons. The summed E-state index contributed by atoms with van der Waals surface area (Å²) in [6.07, 6.45) is 11.0. The highest BCUT2D eigenvalue weighted by molar-refractivity contribution is 5.48. The number of hydrogen-bond donors (Lipinski definition) is 0. The molecule has 1 atom stereocenters. The summed E-state index contributed by atoms with van der Waals surface area (Å²) in [6, 6.07) is 22.2. The molecule has 0 saturated carbocycles. The molecule has 1 saturated heterocycles. The molecule has 1 unspecified atom stereocenters. The fourth-order valence-corrected chi connectivity index (χ4v) is 3.46. The first-order valence-corrected chi connectivity index (χ1v) is 8.91. The smallest absolute Gasteiger partial charge is 0.0130 e. The van der Waals surface area contributed by atoms with Gasteiger partial charge in [-0.25, -0.2) is 0 Å². The van der Waals surface area contributed by atoms with E-state index in [4.69, 9.17) is 0 Å². The first-order chi connectivity index (χ1) is 11.4. The molecule has 1 fully saturated rings. The third kappa shape index (κ3) is 5.07. The highest BCUT2D eigenvalue weighted by atomic mass is 15.2. The Kier molecular flexibility index (Phi) is 6.05. The predicted molar refractivity (Wildman–Crippen MR) is 99.5 cm³/mol. The first kappa shape index (κ1) is 16.0. The van der Waals surface area contributed by atoms with E-state index < -0.39 is 0 Å². The summed E-state index contributed by atoms with van der Waals surface area (Å²) in [5, 5.41) is 0. The molecule has 0 aromatic heterocycles. The van der Waals surface area contributed by atoms with Gasteiger partial charge in [-0.05, 0) is 43.4 Å². The van der Waals surface area contributed by atoms with E-state index >= 15 is 0 Å². The Labute approximate surface area is 140 Å². The van der Waals surface area contributed by atoms with Crippen molar-refractivity contribution in [1.29, 1.82) is 0 Å². The second-order valence-electron chi connectivity index (χ2n) is 6.47. The van der Waals surface area contributed by atoms with Gasteiger partial charge in [-0.2, -0.15) is 0 Å². The van der Waals surface area contributed by atoms with E-state index in [1.807, 2.05) is 0 Å². The minimum absolute atomic E-state index is 0.715. The van der Waals surface area contributed by atoms with Gasteiger partial charge in [0, 0.05) is 12.6 Å². The van der Waals surface area contributed by atoms with Gasteiger partial charge in [0.1, 0.15) is 0 Å². The second kappa shape index (κ2) is 8.69. The number of piperidine rings is 1. The van der Waals surface area contributed by atoms with Crippen LogP contribution in [0.25, 0.3) is 6.08 Å². The van der Waals surface area contributed by atoms with Crippen LogP contribution in [0.15, 0.2) is 66.7 Å². The Morgan fingerprint density at radius 2 is 1.65 bits per heavy atom. The molecule has 1 nitrogen and oxygen atoms in total. The molecular weight excluding hydrogens is 278 g/mol. The Hall–Kier alpha value is -1.86. The maximum Gasteiger partial charge on any atom is 0.0130 e. The second-order valence-corrected chi connectivity index (χ2v) is 6.47. The molecule has 0 aliphatic carbocycles. The lowest BCUT2D eigenvalue weighted by molar-refractivity contribution is 0.151. The summed E-state index contributed by atoms with van der Waals surface area (Å²) in [5.41, 5.74) is 2.76. The van der Waals surface area contributed by atoms with Crippen LogP contribution < -0.4 is 0 Å². The molecule has 3 rings (SSSR count). The van der Waals surface area contributed by atoms with E-state index in [9.17, 15) is 0 Å². The molecule has 1 heteroatoms. The molecule has 1 heterocycles. The van der Waals surface area contributed by atoms with E-state index in [2.05, 4.69) is 77.7 Å². The average molecular weight is 305 g/mol. The van der Waals surface area contributed by atoms with E-state index in [1.165, 1.54) is 56.3 Å². The van der Waals surface area contributed by atoms with E-state index in [0.29, 0.717) is 6.04 Å². The van der Waals surface area contributed by atoms with Gasteiger partial charge in [0.05, 0.1) is 0 Å². The van der Waals surface area contributed by atoms with Gasteiger partial charge in [0.2, 0.25) is 0 Å². The van der Waals surface area contributed by atoms with Crippen LogP contribution in [0.5, 0.6) is 0 Å². The maximum absolute atomic E-state index is 2.70. The number of rotatable bonds is 6. The van der Waals surface area contributed by atoms with Crippen molar-refractivity contribution >= 4 is 6.08 Å². The molecular formula is C22H27N. The monoisotopic (exact) mass is 305 g/mol. The molecule has 0 spiro atoms. The predicted octanol–water partition coefficient (Wildman–Crippen LogP) is 5.19. The highest BCUT2D eigenvalue weighted by Crippen LogP contribution is 2.21. The molecule has 1 aliphatic rings. The fourth-order valence-electron chi connectivity index (χ4n) is 3.46. The van der Waals surface area contributed by atoms with Crippen LogP contribution >= 0.6 is 0 Å². The van der Waals surface area contributed by atoms with Gasteiger partial charge >= 0.3 is 0 Å². The summed E-state index contributed by atoms with van der Waals surface area (Å²) < 4.78 is 0. The van der Waals surface area contributed by atoms with Gasteiger partial charge in [0.25, 0.3) is 0 Å². The Balaban J connectivity index is 1.53. The lowest BCUT2D eigenvalue weighted by atomic mass is 9.98. The zero-order chi connectivity index (χ0) is 15.7. The summed E-state index contributed by atoms with van der Waals surface area (Å²) in [7, 11) is 0. The molecule has 0 bridgehead atoms. The maximum atomic E-state index is 2.70. The van der Waals surface area contributed by atoms with E-state index in [0.717, 1.165) is 0 Å². The molecule has 0 N–H and O–H groups in total. The largest absolute Gasteiger partial charge is 0.300 e. The number of likely N-dealkylation sites (tertiary alicyclic amines) is 1. The van der Waals surface area contributed by atoms with Gasteiger partial charge in [-0.3, -0.25) is 4.90 Å². The first-order valence-electron chi connectivity index (χ1n) is 8.91. The van der Waals surface area contributed by atoms with Crippen molar-refractivity contribution in [2.75, 3.05) is 13.1 Å². The molecule has 23 heavy (non-hydrogen) atoms. The number of hydrogen-bond acceptors (Lipinski definition) is 1. The van der Waals surface area contributed by atoms with Crippen LogP contribution in [0, 0.1) is 0 Å². The summed E-state index contributed by atoms with van der Waals surface area (Å²) >= 11 is 0. The van der Waals surface area contributed by atoms with Crippen molar-refractivity contribution in [3.05, 3.63) is 77.9 Å². The molecule has 1 aliphatic heterocycles. The van der Waals surface area contributed by atoms with Crippen LogP contribution in [0.3, 0.4) is 0 Å². The molecule has 2 aromatic carbocycles. The standard InChI is InChI=1S/C22H27N/c1-3-10-20(11-4-1)14-9-16-22-15-7-8-18-23(22)19-17-21-12-5-2-6-13-21/h1-6,9-14,22H,7-8,15-19H2. The van der Waals surface area contributed by atoms with Crippen LogP contribution in [0.4, 0.5) is 0 Å². The zero-order valence-corrected chi connectivity index (χ0v) is 13.9. The van der Waals surface area contributed by atoms with Gasteiger partial charge in [-0.15, -0.1) is 0 Å². The summed E-state index contributed by atoms with van der Waals surface area (Å²) in [5.74, 6) is 0. The lowest BCUT2D eigenvalue weighted by Gasteiger charge is -2.35. The molecule has 120 valence electrons. The zero-order valence-electron chi connectivity index (χ0n) is 13.9. The van der Waals surface area contributed by atoms with Crippen molar-refractivity contribution in [3.8, 4) is 0 Å². The highest BCUT2D eigenvalue weighted by Gasteiger charge is 2.20. The SMILES string of the molecule is C(=Cc1ccccc1)CC1CCCCN1CCc1ccccc1. The van der Waals surface area contributed by atoms with Gasteiger partial charge in [-0.1, -0.05) is 79.2 Å². The van der Waals surface area contributed by atoms with Crippen molar-refractivity contribution in [3.63, 3.8) is 0 Å². The topological polar surface area (TPSA) is 3.24 Å². The van der Waals surface area contributed by atoms with Crippen molar-refractivity contribution < 1.29 is 0 Å². The summed E-state index contributed by atoms with van der Waals surface area (Å²) in [6.45, 7) is 2.45. The van der Waals surface area contributed by atoms with Crippen LogP contribution in [0.1, 0.15) is 36.8 Å². The summed E-state index contributed by atoms with van der Waals surface area (Å²) in [4.78, 5) is 2.70. The van der Waals surface area contributed by atoms with Gasteiger partial charge in [0.15, 0.2) is 0 Å². The quantitative estimate of drug-likeness (QED) is 0.710. The average Bonchev–Trinajstić information content (AvgIpc) is 2.63.